The Morgan fingerprint density at radius 2 is 1.76 bits per heavy atom. The zero-order chi connectivity index (χ0) is 25.5. The van der Waals surface area contributed by atoms with E-state index in [-0.39, 0.29) is 12.5 Å². The Morgan fingerprint density at radius 3 is 2.66 bits per heavy atom. The molecule has 0 aliphatic carbocycles. The second-order valence-corrected chi connectivity index (χ2v) is 9.35. The molecule has 1 aliphatic heterocycles. The number of benzene rings is 4. The first-order valence-corrected chi connectivity index (χ1v) is 12.5. The summed E-state index contributed by atoms with van der Waals surface area (Å²) in [6, 6.07) is 30.2. The fraction of sp³-hybridized carbons (Fsp3) is 0.0667. The Morgan fingerprint density at radius 1 is 0.947 bits per heavy atom. The van der Waals surface area contributed by atoms with Gasteiger partial charge in [-0.1, -0.05) is 102 Å². The molecule has 7 rings (SSSR count). The highest BCUT2D eigenvalue weighted by Crippen LogP contribution is 2.50. The van der Waals surface area contributed by atoms with Gasteiger partial charge in [-0.3, -0.25) is 0 Å². The van der Waals surface area contributed by atoms with Crippen LogP contribution < -0.4 is 4.74 Å². The summed E-state index contributed by atoms with van der Waals surface area (Å²) in [6.07, 6.45) is 3.19. The molecular formula is C30H20ClN5O2. The molecule has 8 heteroatoms. The first kappa shape index (κ1) is 22.4. The molecule has 0 radical (unpaired) electrons. The van der Waals surface area contributed by atoms with E-state index in [0.717, 1.165) is 38.8 Å². The number of oxime groups is 1. The highest BCUT2D eigenvalue weighted by Gasteiger charge is 2.34. The normalized spacial score (nSPS) is 14.4. The number of hydrogen-bond acceptors (Lipinski definition) is 6. The van der Waals surface area contributed by atoms with E-state index in [1.54, 1.807) is 23.1 Å². The van der Waals surface area contributed by atoms with Gasteiger partial charge in [0.15, 0.2) is 18.1 Å². The zero-order valence-corrected chi connectivity index (χ0v) is 20.8. The topological polar surface area (TPSA) is 73.9 Å². The molecule has 1 aliphatic rings. The van der Waals surface area contributed by atoms with Gasteiger partial charge in [0.1, 0.15) is 12.1 Å². The molecule has 2 aromatic heterocycles. The van der Waals surface area contributed by atoms with Crippen molar-refractivity contribution in [3.05, 3.63) is 130 Å². The molecule has 1 atom stereocenters. The van der Waals surface area contributed by atoms with Crippen molar-refractivity contribution in [3.8, 4) is 11.6 Å². The molecular weight excluding hydrogens is 498 g/mol. The van der Waals surface area contributed by atoms with Crippen molar-refractivity contribution in [1.82, 2.24) is 19.6 Å². The minimum absolute atomic E-state index is 0.0927. The van der Waals surface area contributed by atoms with Gasteiger partial charge in [0.25, 0.3) is 0 Å². The monoisotopic (exact) mass is 517 g/mol. The minimum atomic E-state index is -0.132. The van der Waals surface area contributed by atoms with E-state index in [2.05, 4.69) is 51.6 Å². The maximum Gasteiger partial charge on any atom is 0.228 e. The van der Waals surface area contributed by atoms with Crippen LogP contribution in [0.2, 0.25) is 5.02 Å². The molecule has 1 unspecified atom stereocenters. The van der Waals surface area contributed by atoms with Gasteiger partial charge < -0.3 is 9.57 Å². The van der Waals surface area contributed by atoms with Crippen molar-refractivity contribution in [3.63, 3.8) is 0 Å². The van der Waals surface area contributed by atoms with E-state index >= 15 is 0 Å². The molecule has 3 heterocycles. The van der Waals surface area contributed by atoms with Crippen LogP contribution in [0.5, 0.6) is 11.6 Å². The quantitative estimate of drug-likeness (QED) is 0.186. The smallest absolute Gasteiger partial charge is 0.228 e. The van der Waals surface area contributed by atoms with Gasteiger partial charge in [-0.25, -0.2) is 14.5 Å². The second-order valence-electron chi connectivity index (χ2n) is 8.94. The summed E-state index contributed by atoms with van der Waals surface area (Å²) in [7, 11) is 0. The number of aromatic nitrogens is 4. The maximum absolute atomic E-state index is 6.46. The van der Waals surface area contributed by atoms with Crippen LogP contribution in [0, 0.1) is 0 Å². The number of hydrogen-bond donors (Lipinski definition) is 0. The molecule has 0 fully saturated rings. The van der Waals surface area contributed by atoms with Gasteiger partial charge in [0.2, 0.25) is 5.88 Å². The third-order valence-corrected chi connectivity index (χ3v) is 6.98. The molecule has 0 saturated heterocycles. The largest absolute Gasteiger partial charge is 0.438 e. The van der Waals surface area contributed by atoms with Crippen LogP contribution in [0.1, 0.15) is 34.0 Å². The highest BCUT2D eigenvalue weighted by atomic mass is 35.5. The van der Waals surface area contributed by atoms with E-state index in [1.165, 1.54) is 0 Å². The van der Waals surface area contributed by atoms with Crippen LogP contribution in [-0.4, -0.2) is 25.8 Å². The molecule has 184 valence electrons. The third-order valence-electron chi connectivity index (χ3n) is 6.64. The number of halogens is 1. The van der Waals surface area contributed by atoms with Crippen LogP contribution in [0.15, 0.2) is 102 Å². The molecule has 0 N–H and O–H groups in total. The van der Waals surface area contributed by atoms with Crippen LogP contribution in [0.4, 0.5) is 0 Å². The van der Waals surface area contributed by atoms with E-state index in [0.29, 0.717) is 22.4 Å². The summed E-state index contributed by atoms with van der Waals surface area (Å²) in [5.74, 6) is 1.68. The molecule has 7 nitrogen and oxygen atoms in total. The van der Waals surface area contributed by atoms with Crippen molar-refractivity contribution >= 4 is 34.2 Å². The van der Waals surface area contributed by atoms with Crippen LogP contribution in [0.25, 0.3) is 16.4 Å². The van der Waals surface area contributed by atoms with Crippen LogP contribution in [0.3, 0.4) is 0 Å². The SMILES string of the molecule is Clc1ccccc1C=NOCc1nc2c3c(ncn2n1)Oc1c(ccc2ccccc12)C3c1ccccc1. The Balaban J connectivity index is 1.29. The lowest BCUT2D eigenvalue weighted by Crippen LogP contribution is -2.15. The molecule has 4 aromatic carbocycles. The molecule has 6 aromatic rings. The predicted octanol–water partition coefficient (Wildman–Crippen LogP) is 6.77. The first-order valence-electron chi connectivity index (χ1n) is 12.1. The number of fused-ring (bicyclic) bond motifs is 6. The van der Waals surface area contributed by atoms with Crippen molar-refractivity contribution < 1.29 is 9.57 Å². The lowest BCUT2D eigenvalue weighted by atomic mass is 9.83. The Hall–Kier alpha value is -4.75. The van der Waals surface area contributed by atoms with E-state index in [9.17, 15) is 0 Å². The van der Waals surface area contributed by atoms with Crippen LogP contribution >= 0.6 is 11.6 Å². The standard InChI is InChI=1S/C30H20ClN5O2/c31-24-13-7-5-11-21(24)16-33-37-17-25-34-29-27-26(20-9-2-1-3-10-20)23-15-14-19-8-4-6-12-22(19)28(23)38-30(27)32-18-36(29)35-25/h1-16,18,26H,17H2. The lowest BCUT2D eigenvalue weighted by Gasteiger charge is -2.28. The zero-order valence-electron chi connectivity index (χ0n) is 20.0. The first-order chi connectivity index (χ1) is 18.8. The van der Waals surface area contributed by atoms with E-state index in [1.807, 2.05) is 48.5 Å². The second kappa shape index (κ2) is 9.28. The van der Waals surface area contributed by atoms with Gasteiger partial charge in [-0.2, -0.15) is 0 Å². The van der Waals surface area contributed by atoms with Gasteiger partial charge in [-0.15, -0.1) is 5.10 Å². The Kier molecular flexibility index (Phi) is 5.48. The summed E-state index contributed by atoms with van der Waals surface area (Å²) in [4.78, 5) is 14.9. The van der Waals surface area contributed by atoms with Gasteiger partial charge in [0, 0.05) is 27.5 Å². The predicted molar refractivity (Wildman–Crippen MR) is 146 cm³/mol. The summed E-state index contributed by atoms with van der Waals surface area (Å²) in [6.45, 7) is 0.0927. The molecule has 0 amide bonds. The third kappa shape index (κ3) is 3.84. The van der Waals surface area contributed by atoms with Gasteiger partial charge in [-0.05, 0) is 17.0 Å². The fourth-order valence-electron chi connectivity index (χ4n) is 4.91. The molecule has 0 spiro atoms. The minimum Gasteiger partial charge on any atom is -0.438 e. The summed E-state index contributed by atoms with van der Waals surface area (Å²) in [5.41, 5.74) is 4.47. The number of nitrogens with zero attached hydrogens (tertiary/aromatic N) is 5. The molecule has 0 saturated carbocycles. The average molecular weight is 518 g/mol. The highest BCUT2D eigenvalue weighted by molar-refractivity contribution is 6.33. The summed E-state index contributed by atoms with van der Waals surface area (Å²) < 4.78 is 8.13. The van der Waals surface area contributed by atoms with Crippen molar-refractivity contribution in [2.75, 3.05) is 0 Å². The Bertz CT molecular complexity index is 1830. The van der Waals surface area contributed by atoms with Crippen molar-refractivity contribution in [2.24, 2.45) is 5.16 Å². The van der Waals surface area contributed by atoms with E-state index in [4.69, 9.17) is 26.2 Å². The van der Waals surface area contributed by atoms with Crippen molar-refractivity contribution in [1.29, 1.82) is 0 Å². The lowest BCUT2D eigenvalue weighted by molar-refractivity contribution is 0.126. The maximum atomic E-state index is 6.46. The fourth-order valence-corrected chi connectivity index (χ4v) is 5.10. The number of ether oxygens (including phenoxy) is 1. The molecule has 38 heavy (non-hydrogen) atoms. The van der Waals surface area contributed by atoms with Crippen LogP contribution in [-0.2, 0) is 11.4 Å². The van der Waals surface area contributed by atoms with Crippen molar-refractivity contribution in [2.45, 2.75) is 12.5 Å². The Labute approximate surface area is 222 Å². The summed E-state index contributed by atoms with van der Waals surface area (Å²) in [5, 5.41) is 11.4. The van der Waals surface area contributed by atoms with Gasteiger partial charge in [0.05, 0.1) is 11.8 Å². The number of rotatable bonds is 5. The molecule has 0 bridgehead atoms. The summed E-state index contributed by atoms with van der Waals surface area (Å²) >= 11 is 6.18. The van der Waals surface area contributed by atoms with E-state index < -0.39 is 0 Å². The average Bonchev–Trinajstić information content (AvgIpc) is 3.39. The van der Waals surface area contributed by atoms with Gasteiger partial charge >= 0.3 is 0 Å².